The molecule has 0 fully saturated rings. The molecule has 0 N–H and O–H groups in total. The number of carbonyl (C=O) groups is 2. The van der Waals surface area contributed by atoms with Crippen molar-refractivity contribution >= 4 is 40.8 Å². The molecule has 1 aliphatic heterocycles. The highest BCUT2D eigenvalue weighted by molar-refractivity contribution is 6.31. The van der Waals surface area contributed by atoms with Crippen molar-refractivity contribution in [1.82, 2.24) is 0 Å². The number of carbonyl (C=O) groups excluding carboxylic acids is 2. The Bertz CT molecular complexity index is 971. The second-order valence-electron chi connectivity index (χ2n) is 6.75. The van der Waals surface area contributed by atoms with Crippen molar-refractivity contribution in [3.05, 3.63) is 75.5 Å². The Balaban J connectivity index is 2.25. The summed E-state index contributed by atoms with van der Waals surface area (Å²) in [5.41, 5.74) is 1.98. The molecule has 0 aromatic heterocycles. The molecule has 0 unspecified atom stereocenters. The predicted molar refractivity (Wildman–Crippen MR) is 113 cm³/mol. The summed E-state index contributed by atoms with van der Waals surface area (Å²) in [6, 6.07) is 12.2. The van der Waals surface area contributed by atoms with Crippen molar-refractivity contribution in [2.24, 2.45) is 0 Å². The summed E-state index contributed by atoms with van der Waals surface area (Å²) in [5, 5.41) is 0.975. The number of amides is 1. The van der Waals surface area contributed by atoms with Crippen LogP contribution in [0.1, 0.15) is 38.0 Å². The molecule has 1 aliphatic rings. The first kappa shape index (κ1) is 21.2. The zero-order valence-electron chi connectivity index (χ0n) is 16.3. The minimum Gasteiger partial charge on any atom is -0.475 e. The van der Waals surface area contributed by atoms with Crippen LogP contribution in [-0.4, -0.2) is 24.5 Å². The molecule has 3 rings (SSSR count). The van der Waals surface area contributed by atoms with Gasteiger partial charge in [-0.1, -0.05) is 41.4 Å². The molecule has 1 heterocycles. The average Bonchev–Trinajstić information content (AvgIpc) is 2.77. The molecule has 29 heavy (non-hydrogen) atoms. The first-order valence-corrected chi connectivity index (χ1v) is 10.0. The van der Waals surface area contributed by atoms with Gasteiger partial charge in [-0.15, -0.1) is 0 Å². The van der Waals surface area contributed by atoms with Crippen molar-refractivity contribution in [3.63, 3.8) is 0 Å². The highest BCUT2D eigenvalue weighted by Gasteiger charge is 2.36. The predicted octanol–water partition coefficient (Wildman–Crippen LogP) is 5.30. The van der Waals surface area contributed by atoms with Crippen LogP contribution in [0.15, 0.2) is 54.3 Å². The van der Waals surface area contributed by atoms with E-state index in [1.165, 1.54) is 0 Å². The second-order valence-corrected chi connectivity index (χ2v) is 7.60. The smallest absolute Gasteiger partial charge is 0.334 e. The standard InChI is InChI=1S/C22H21Cl2NO4/c1-4-28-20(26)12-19-22(27)25(13(2)3)18-10-9-14(23)11-16(18)21(29-19)15-7-5-6-8-17(15)24/h5-13,21H,4H2,1-3H3/b19-12-/t21-/m0/s1. The maximum Gasteiger partial charge on any atom is 0.334 e. The topological polar surface area (TPSA) is 55.8 Å². The lowest BCUT2D eigenvalue weighted by atomic mass is 9.99. The van der Waals surface area contributed by atoms with Crippen molar-refractivity contribution < 1.29 is 19.1 Å². The van der Waals surface area contributed by atoms with Gasteiger partial charge in [0.2, 0.25) is 0 Å². The van der Waals surface area contributed by atoms with E-state index in [1.54, 1.807) is 36.1 Å². The lowest BCUT2D eigenvalue weighted by Crippen LogP contribution is -2.38. The van der Waals surface area contributed by atoms with Crippen LogP contribution in [0.3, 0.4) is 0 Å². The van der Waals surface area contributed by atoms with Gasteiger partial charge in [0, 0.05) is 27.2 Å². The van der Waals surface area contributed by atoms with E-state index < -0.39 is 18.0 Å². The average molecular weight is 434 g/mol. The van der Waals surface area contributed by atoms with Gasteiger partial charge >= 0.3 is 5.97 Å². The maximum absolute atomic E-state index is 13.3. The third-order valence-corrected chi connectivity index (χ3v) is 5.02. The van der Waals surface area contributed by atoms with E-state index in [4.69, 9.17) is 32.7 Å². The van der Waals surface area contributed by atoms with Crippen LogP contribution < -0.4 is 4.90 Å². The molecule has 1 amide bonds. The van der Waals surface area contributed by atoms with Crippen LogP contribution >= 0.6 is 23.2 Å². The number of halogens is 2. The number of hydrogen-bond acceptors (Lipinski definition) is 4. The summed E-state index contributed by atoms with van der Waals surface area (Å²) >= 11 is 12.7. The molecule has 2 aromatic rings. The van der Waals surface area contributed by atoms with Crippen LogP contribution in [0.4, 0.5) is 5.69 Å². The van der Waals surface area contributed by atoms with Gasteiger partial charge in [-0.3, -0.25) is 4.79 Å². The fourth-order valence-corrected chi connectivity index (χ4v) is 3.66. The Morgan fingerprint density at radius 3 is 2.59 bits per heavy atom. The largest absolute Gasteiger partial charge is 0.475 e. The molecule has 0 spiro atoms. The number of benzene rings is 2. The summed E-state index contributed by atoms with van der Waals surface area (Å²) in [6.07, 6.45) is 0.351. The van der Waals surface area contributed by atoms with Gasteiger partial charge in [0.1, 0.15) is 0 Å². The number of esters is 1. The summed E-state index contributed by atoms with van der Waals surface area (Å²) < 4.78 is 11.1. The molecule has 0 bridgehead atoms. The third-order valence-electron chi connectivity index (χ3n) is 4.45. The number of hydrogen-bond donors (Lipinski definition) is 0. The minimum atomic E-state index is -0.731. The van der Waals surface area contributed by atoms with Gasteiger partial charge in [-0.25, -0.2) is 4.79 Å². The van der Waals surface area contributed by atoms with Crippen LogP contribution in [0.5, 0.6) is 0 Å². The van der Waals surface area contributed by atoms with Crippen molar-refractivity contribution in [2.45, 2.75) is 32.9 Å². The fraction of sp³-hybridized carbons (Fsp3) is 0.273. The van der Waals surface area contributed by atoms with Gasteiger partial charge in [-0.05, 0) is 45.0 Å². The third kappa shape index (κ3) is 4.41. The lowest BCUT2D eigenvalue weighted by Gasteiger charge is -2.26. The quantitative estimate of drug-likeness (QED) is 0.484. The van der Waals surface area contributed by atoms with Crippen molar-refractivity contribution in [1.29, 1.82) is 0 Å². The zero-order chi connectivity index (χ0) is 21.1. The molecular formula is C22H21Cl2NO4. The van der Waals surface area contributed by atoms with Crippen LogP contribution in [0.25, 0.3) is 0 Å². The van der Waals surface area contributed by atoms with Gasteiger partial charge in [0.05, 0.1) is 18.4 Å². The van der Waals surface area contributed by atoms with Gasteiger partial charge < -0.3 is 14.4 Å². The number of rotatable bonds is 4. The van der Waals surface area contributed by atoms with Gasteiger partial charge in [0.15, 0.2) is 11.9 Å². The maximum atomic E-state index is 13.3. The molecule has 1 atom stereocenters. The molecule has 0 saturated carbocycles. The number of ether oxygens (including phenoxy) is 2. The SMILES string of the molecule is CCOC(=O)/C=C1\O[C@@H](c2ccccc2Cl)c2cc(Cl)ccc2N(C(C)C)C1=O. The van der Waals surface area contributed by atoms with Crippen molar-refractivity contribution in [3.8, 4) is 0 Å². The molecule has 0 saturated heterocycles. The molecule has 2 aromatic carbocycles. The van der Waals surface area contributed by atoms with E-state index in [9.17, 15) is 9.59 Å². The van der Waals surface area contributed by atoms with Gasteiger partial charge in [-0.2, -0.15) is 0 Å². The van der Waals surface area contributed by atoms with Gasteiger partial charge in [0.25, 0.3) is 5.91 Å². The van der Waals surface area contributed by atoms with E-state index in [0.29, 0.717) is 26.9 Å². The van der Waals surface area contributed by atoms with E-state index >= 15 is 0 Å². The Morgan fingerprint density at radius 1 is 1.21 bits per heavy atom. The Morgan fingerprint density at radius 2 is 1.93 bits per heavy atom. The van der Waals surface area contributed by atoms with Crippen molar-refractivity contribution in [2.75, 3.05) is 11.5 Å². The number of nitrogens with zero attached hydrogens (tertiary/aromatic N) is 1. The molecule has 152 valence electrons. The Hall–Kier alpha value is -2.50. The van der Waals surface area contributed by atoms with E-state index in [-0.39, 0.29) is 18.4 Å². The first-order chi connectivity index (χ1) is 13.8. The first-order valence-electron chi connectivity index (χ1n) is 9.26. The molecule has 5 nitrogen and oxygen atoms in total. The number of anilines is 1. The lowest BCUT2D eigenvalue weighted by molar-refractivity contribution is -0.138. The monoisotopic (exact) mass is 433 g/mol. The normalized spacial score (nSPS) is 17.7. The van der Waals surface area contributed by atoms with E-state index in [0.717, 1.165) is 6.08 Å². The molecule has 7 heteroatoms. The summed E-state index contributed by atoms with van der Waals surface area (Å²) in [5.74, 6) is -1.21. The van der Waals surface area contributed by atoms with Crippen LogP contribution in [0.2, 0.25) is 10.0 Å². The Kier molecular flexibility index (Phi) is 6.50. The highest BCUT2D eigenvalue weighted by atomic mass is 35.5. The van der Waals surface area contributed by atoms with E-state index in [2.05, 4.69) is 0 Å². The summed E-state index contributed by atoms with van der Waals surface area (Å²) in [4.78, 5) is 27.0. The summed E-state index contributed by atoms with van der Waals surface area (Å²) in [7, 11) is 0. The minimum absolute atomic E-state index is 0.116. The molecule has 0 radical (unpaired) electrons. The Labute approximate surface area is 179 Å². The fourth-order valence-electron chi connectivity index (χ4n) is 3.24. The molecular weight excluding hydrogens is 413 g/mol. The zero-order valence-corrected chi connectivity index (χ0v) is 17.8. The van der Waals surface area contributed by atoms with Crippen LogP contribution in [-0.2, 0) is 19.1 Å². The van der Waals surface area contributed by atoms with Crippen LogP contribution in [0, 0.1) is 0 Å². The van der Waals surface area contributed by atoms with E-state index in [1.807, 2.05) is 32.0 Å². The molecule has 0 aliphatic carbocycles. The summed E-state index contributed by atoms with van der Waals surface area (Å²) in [6.45, 7) is 5.65. The highest BCUT2D eigenvalue weighted by Crippen LogP contribution is 2.42. The second kappa shape index (κ2) is 8.89. The number of fused-ring (bicyclic) bond motifs is 1.